The molecule has 3 aromatic rings. The van der Waals surface area contributed by atoms with Crippen molar-refractivity contribution in [2.24, 2.45) is 5.92 Å². The fraction of sp³-hybridized carbons (Fsp3) is 0.391. The molecule has 2 amide bonds. The molecule has 2 N–H and O–H groups in total. The lowest BCUT2D eigenvalue weighted by atomic mass is 9.82. The van der Waals surface area contributed by atoms with Gasteiger partial charge < -0.3 is 19.9 Å². The van der Waals surface area contributed by atoms with Gasteiger partial charge in [-0.1, -0.05) is 25.4 Å². The summed E-state index contributed by atoms with van der Waals surface area (Å²) in [5, 5.41) is 7.10. The molecular formula is C23H26ClN7O2. The molecule has 0 aliphatic carbocycles. The second kappa shape index (κ2) is 8.31. The molecule has 5 rings (SSSR count). The van der Waals surface area contributed by atoms with Gasteiger partial charge in [-0.3, -0.25) is 4.90 Å². The van der Waals surface area contributed by atoms with E-state index >= 15 is 0 Å². The molecule has 4 heterocycles. The number of aromatic nitrogens is 4. The number of imidazole rings is 1. The highest BCUT2D eigenvalue weighted by atomic mass is 35.5. The molecule has 172 valence electrons. The fourth-order valence-corrected chi connectivity index (χ4v) is 4.73. The molecule has 2 aliphatic rings. The molecule has 2 saturated heterocycles. The molecule has 10 heteroatoms. The number of carbonyl (C=O) groups is 1. The van der Waals surface area contributed by atoms with Crippen molar-refractivity contribution in [1.29, 1.82) is 0 Å². The van der Waals surface area contributed by atoms with Crippen molar-refractivity contribution < 1.29 is 9.53 Å². The average molecular weight is 468 g/mol. The summed E-state index contributed by atoms with van der Waals surface area (Å²) < 4.78 is 7.37. The van der Waals surface area contributed by atoms with Crippen LogP contribution in [0.25, 0.3) is 5.69 Å². The summed E-state index contributed by atoms with van der Waals surface area (Å²) >= 11 is 5.98. The largest absolute Gasteiger partial charge is 0.376 e. The second-order valence-electron chi connectivity index (χ2n) is 8.92. The number of benzene rings is 1. The Morgan fingerprint density at radius 2 is 1.94 bits per heavy atom. The van der Waals surface area contributed by atoms with Crippen molar-refractivity contribution in [2.45, 2.75) is 38.4 Å². The van der Waals surface area contributed by atoms with E-state index in [-0.39, 0.29) is 29.6 Å². The SMILES string of the molecule is CC(C)[C@@H]1N(c2ccnc(N[C@@H](C)c3cn(-c4ccc(Cl)cc4)cn3)n2)C(=O)NC12COC2. The minimum Gasteiger partial charge on any atom is -0.376 e. The molecule has 2 atom stereocenters. The van der Waals surface area contributed by atoms with E-state index in [0.29, 0.717) is 30.0 Å². The molecule has 0 unspecified atom stereocenters. The monoisotopic (exact) mass is 467 g/mol. The highest BCUT2D eigenvalue weighted by molar-refractivity contribution is 6.30. The Morgan fingerprint density at radius 3 is 2.61 bits per heavy atom. The number of rotatable bonds is 6. The van der Waals surface area contributed by atoms with Crippen LogP contribution in [0.15, 0.2) is 49.1 Å². The number of hydrogen-bond donors (Lipinski definition) is 2. The van der Waals surface area contributed by atoms with Crippen LogP contribution in [0.1, 0.15) is 32.5 Å². The van der Waals surface area contributed by atoms with Crippen molar-refractivity contribution >= 4 is 29.4 Å². The summed E-state index contributed by atoms with van der Waals surface area (Å²) in [5.41, 5.74) is 1.45. The van der Waals surface area contributed by atoms with Crippen molar-refractivity contribution in [3.8, 4) is 5.69 Å². The number of hydrogen-bond acceptors (Lipinski definition) is 6. The Morgan fingerprint density at radius 1 is 1.18 bits per heavy atom. The van der Waals surface area contributed by atoms with Crippen molar-refractivity contribution in [1.82, 2.24) is 24.8 Å². The zero-order valence-corrected chi connectivity index (χ0v) is 19.5. The maximum Gasteiger partial charge on any atom is 0.324 e. The van der Waals surface area contributed by atoms with E-state index in [9.17, 15) is 4.79 Å². The number of nitrogens with one attached hydrogen (secondary N) is 2. The predicted molar refractivity (Wildman–Crippen MR) is 126 cm³/mol. The number of amides is 2. The molecule has 0 bridgehead atoms. The first-order chi connectivity index (χ1) is 15.9. The number of ether oxygens (including phenoxy) is 1. The van der Waals surface area contributed by atoms with E-state index in [0.717, 1.165) is 11.4 Å². The summed E-state index contributed by atoms with van der Waals surface area (Å²) in [6.45, 7) is 7.24. The third-order valence-electron chi connectivity index (χ3n) is 6.17. The molecule has 0 radical (unpaired) electrons. The topological polar surface area (TPSA) is 97.2 Å². The van der Waals surface area contributed by atoms with E-state index in [1.165, 1.54) is 0 Å². The first-order valence-electron chi connectivity index (χ1n) is 10.9. The third kappa shape index (κ3) is 3.91. The number of anilines is 2. The molecule has 2 fully saturated rings. The molecule has 1 spiro atoms. The lowest BCUT2D eigenvalue weighted by molar-refractivity contribution is -0.0757. The van der Waals surface area contributed by atoms with Gasteiger partial charge in [-0.05, 0) is 43.2 Å². The fourth-order valence-electron chi connectivity index (χ4n) is 4.60. The van der Waals surface area contributed by atoms with Crippen molar-refractivity contribution in [3.05, 3.63) is 59.8 Å². The molecule has 0 saturated carbocycles. The minimum absolute atomic E-state index is 0.0472. The summed E-state index contributed by atoms with van der Waals surface area (Å²) in [4.78, 5) is 28.1. The lowest BCUT2D eigenvalue weighted by Gasteiger charge is -2.44. The Bertz CT molecular complexity index is 1160. The van der Waals surface area contributed by atoms with Crippen LogP contribution < -0.4 is 15.5 Å². The number of halogens is 1. The van der Waals surface area contributed by atoms with Gasteiger partial charge in [0.15, 0.2) is 0 Å². The van der Waals surface area contributed by atoms with E-state index in [1.807, 2.05) is 42.0 Å². The Hall–Kier alpha value is -3.17. The van der Waals surface area contributed by atoms with Gasteiger partial charge in [-0.25, -0.2) is 14.8 Å². The predicted octanol–water partition coefficient (Wildman–Crippen LogP) is 3.81. The van der Waals surface area contributed by atoms with E-state index in [1.54, 1.807) is 23.5 Å². The molecule has 2 aromatic heterocycles. The maximum absolute atomic E-state index is 12.9. The first kappa shape index (κ1) is 21.7. The highest BCUT2D eigenvalue weighted by Gasteiger charge is 2.57. The smallest absolute Gasteiger partial charge is 0.324 e. The second-order valence-corrected chi connectivity index (χ2v) is 9.36. The van der Waals surface area contributed by atoms with Gasteiger partial charge in [0.25, 0.3) is 0 Å². The Labute approximate surface area is 197 Å². The van der Waals surface area contributed by atoms with Crippen LogP contribution in [-0.4, -0.2) is 50.3 Å². The van der Waals surface area contributed by atoms with Gasteiger partial charge in [-0.15, -0.1) is 0 Å². The Kier molecular flexibility index (Phi) is 5.46. The normalized spacial score (nSPS) is 20.1. The van der Waals surface area contributed by atoms with Gasteiger partial charge in [0.05, 0.1) is 37.3 Å². The van der Waals surface area contributed by atoms with Crippen LogP contribution in [-0.2, 0) is 4.74 Å². The van der Waals surface area contributed by atoms with E-state index < -0.39 is 0 Å². The summed E-state index contributed by atoms with van der Waals surface area (Å²) in [7, 11) is 0. The molecule has 9 nitrogen and oxygen atoms in total. The highest BCUT2D eigenvalue weighted by Crippen LogP contribution is 2.37. The zero-order chi connectivity index (χ0) is 23.2. The number of urea groups is 1. The standard InChI is InChI=1S/C23H26ClN7O2/c1-14(2)20-23(11-33-12-23)29-22(32)31(20)19-8-9-25-21(28-19)27-15(3)18-10-30(13-26-18)17-6-4-16(24)5-7-17/h4-10,13-15,20H,11-12H2,1-3H3,(H,29,32)(H,25,27,28)/t15-,20-/m0/s1. The van der Waals surface area contributed by atoms with Crippen LogP contribution in [0.5, 0.6) is 0 Å². The maximum atomic E-state index is 12.9. The van der Waals surface area contributed by atoms with Crippen LogP contribution in [0, 0.1) is 5.92 Å². The summed E-state index contributed by atoms with van der Waals surface area (Å²) in [5.74, 6) is 1.23. The lowest BCUT2D eigenvalue weighted by Crippen LogP contribution is -2.65. The van der Waals surface area contributed by atoms with Gasteiger partial charge in [0.2, 0.25) is 5.95 Å². The number of nitrogens with zero attached hydrogens (tertiary/aromatic N) is 5. The first-order valence-corrected chi connectivity index (χ1v) is 11.3. The molecule has 2 aliphatic heterocycles. The van der Waals surface area contributed by atoms with Crippen molar-refractivity contribution in [3.63, 3.8) is 0 Å². The van der Waals surface area contributed by atoms with Crippen LogP contribution in [0.2, 0.25) is 5.02 Å². The van der Waals surface area contributed by atoms with E-state index in [2.05, 4.69) is 39.4 Å². The molecule has 1 aromatic carbocycles. The van der Waals surface area contributed by atoms with Crippen LogP contribution >= 0.6 is 11.6 Å². The molecular weight excluding hydrogens is 442 g/mol. The minimum atomic E-state index is -0.356. The van der Waals surface area contributed by atoms with Crippen LogP contribution in [0.3, 0.4) is 0 Å². The van der Waals surface area contributed by atoms with Crippen molar-refractivity contribution in [2.75, 3.05) is 23.4 Å². The van der Waals surface area contributed by atoms with Gasteiger partial charge >= 0.3 is 6.03 Å². The molecule has 33 heavy (non-hydrogen) atoms. The van der Waals surface area contributed by atoms with Gasteiger partial charge in [0, 0.05) is 23.1 Å². The van der Waals surface area contributed by atoms with Gasteiger partial charge in [-0.2, -0.15) is 4.98 Å². The Balaban J connectivity index is 1.35. The quantitative estimate of drug-likeness (QED) is 0.572. The summed E-state index contributed by atoms with van der Waals surface area (Å²) in [6.07, 6.45) is 5.38. The zero-order valence-electron chi connectivity index (χ0n) is 18.7. The third-order valence-corrected chi connectivity index (χ3v) is 6.43. The van der Waals surface area contributed by atoms with Crippen LogP contribution in [0.4, 0.5) is 16.6 Å². The van der Waals surface area contributed by atoms with Gasteiger partial charge in [0.1, 0.15) is 11.4 Å². The summed E-state index contributed by atoms with van der Waals surface area (Å²) in [6, 6.07) is 8.97. The average Bonchev–Trinajstić information content (AvgIpc) is 3.37. The number of carbonyl (C=O) groups excluding carboxylic acids is 1. The van der Waals surface area contributed by atoms with E-state index in [4.69, 9.17) is 16.3 Å².